The summed E-state index contributed by atoms with van der Waals surface area (Å²) in [6, 6.07) is 5.54. The van der Waals surface area contributed by atoms with Crippen LogP contribution in [0.25, 0.3) is 5.82 Å². The summed E-state index contributed by atoms with van der Waals surface area (Å²) >= 11 is 0. The minimum Gasteiger partial charge on any atom is -0.394 e. The van der Waals surface area contributed by atoms with E-state index in [-0.39, 0.29) is 18.4 Å². The molecular formula is C18H21N7O2. The fraction of sp³-hybridized carbons (Fsp3) is 0.389. The first-order chi connectivity index (χ1) is 13.2. The van der Waals surface area contributed by atoms with Crippen LogP contribution in [0.15, 0.2) is 43.2 Å². The number of hydrogen-bond donors (Lipinski definition) is 1. The molecule has 9 heteroatoms. The van der Waals surface area contributed by atoms with Crippen LogP contribution in [0.5, 0.6) is 0 Å². The van der Waals surface area contributed by atoms with Crippen LogP contribution in [-0.2, 0) is 6.54 Å². The van der Waals surface area contributed by atoms with Gasteiger partial charge in [0.1, 0.15) is 18.5 Å². The summed E-state index contributed by atoms with van der Waals surface area (Å²) in [6.07, 6.45) is 8.54. The number of carbonyl (C=O) groups excluding carboxylic acids is 1. The van der Waals surface area contributed by atoms with E-state index in [1.807, 2.05) is 17.2 Å². The minimum atomic E-state index is -0.0164. The maximum Gasteiger partial charge on any atom is 0.255 e. The molecule has 0 radical (unpaired) electrons. The largest absolute Gasteiger partial charge is 0.394 e. The van der Waals surface area contributed by atoms with Crippen molar-refractivity contribution in [1.29, 1.82) is 0 Å². The van der Waals surface area contributed by atoms with Crippen LogP contribution in [0, 0.1) is 0 Å². The number of amides is 1. The SMILES string of the molecule is O=C(c1ccc(-n2cnnc2)nc1)N1CCCC(c2ccn(CCO)n2)C1. The van der Waals surface area contributed by atoms with Crippen LogP contribution < -0.4 is 0 Å². The van der Waals surface area contributed by atoms with Gasteiger partial charge in [0.15, 0.2) is 0 Å². The molecule has 1 saturated heterocycles. The van der Waals surface area contributed by atoms with E-state index in [1.165, 1.54) is 0 Å². The van der Waals surface area contributed by atoms with Gasteiger partial charge in [0.05, 0.1) is 24.4 Å². The van der Waals surface area contributed by atoms with Gasteiger partial charge in [-0.05, 0) is 31.0 Å². The van der Waals surface area contributed by atoms with Crippen LogP contribution in [0.3, 0.4) is 0 Å². The van der Waals surface area contributed by atoms with E-state index in [0.717, 1.165) is 25.1 Å². The molecule has 0 saturated carbocycles. The third kappa shape index (κ3) is 3.72. The Balaban J connectivity index is 1.45. The molecule has 140 valence electrons. The summed E-state index contributed by atoms with van der Waals surface area (Å²) in [4.78, 5) is 19.1. The number of aliphatic hydroxyl groups is 1. The van der Waals surface area contributed by atoms with Gasteiger partial charge < -0.3 is 10.0 Å². The molecule has 0 aromatic carbocycles. The Labute approximate surface area is 156 Å². The summed E-state index contributed by atoms with van der Waals surface area (Å²) in [6.45, 7) is 1.93. The van der Waals surface area contributed by atoms with Crippen molar-refractivity contribution < 1.29 is 9.90 Å². The average Bonchev–Trinajstić information content (AvgIpc) is 3.40. The van der Waals surface area contributed by atoms with Gasteiger partial charge in [-0.25, -0.2) is 4.98 Å². The zero-order valence-electron chi connectivity index (χ0n) is 14.8. The highest BCUT2D eigenvalue weighted by molar-refractivity contribution is 5.94. The van der Waals surface area contributed by atoms with E-state index in [0.29, 0.717) is 24.5 Å². The van der Waals surface area contributed by atoms with Gasteiger partial charge in [0, 0.05) is 31.4 Å². The van der Waals surface area contributed by atoms with E-state index >= 15 is 0 Å². The summed E-state index contributed by atoms with van der Waals surface area (Å²) in [5.41, 5.74) is 1.54. The second-order valence-corrected chi connectivity index (χ2v) is 6.59. The third-order valence-corrected chi connectivity index (χ3v) is 4.80. The molecule has 1 unspecified atom stereocenters. The number of aromatic nitrogens is 6. The lowest BCUT2D eigenvalue weighted by Crippen LogP contribution is -2.39. The first kappa shape index (κ1) is 17.3. The maximum atomic E-state index is 12.9. The van der Waals surface area contributed by atoms with E-state index < -0.39 is 0 Å². The average molecular weight is 367 g/mol. The Morgan fingerprint density at radius 1 is 1.22 bits per heavy atom. The molecule has 27 heavy (non-hydrogen) atoms. The second kappa shape index (κ2) is 7.67. The van der Waals surface area contributed by atoms with Gasteiger partial charge in [0.25, 0.3) is 5.91 Å². The Morgan fingerprint density at radius 3 is 2.81 bits per heavy atom. The number of pyridine rings is 1. The number of likely N-dealkylation sites (tertiary alicyclic amines) is 1. The smallest absolute Gasteiger partial charge is 0.255 e. The number of nitrogens with zero attached hydrogens (tertiary/aromatic N) is 7. The minimum absolute atomic E-state index is 0.0164. The van der Waals surface area contributed by atoms with Crippen molar-refractivity contribution in [3.8, 4) is 5.82 Å². The number of rotatable bonds is 5. The Bertz CT molecular complexity index is 889. The van der Waals surface area contributed by atoms with Crippen LogP contribution in [0.1, 0.15) is 34.8 Å². The van der Waals surface area contributed by atoms with Gasteiger partial charge >= 0.3 is 0 Å². The van der Waals surface area contributed by atoms with Crippen LogP contribution >= 0.6 is 0 Å². The van der Waals surface area contributed by atoms with Crippen molar-refractivity contribution in [3.05, 3.63) is 54.5 Å². The van der Waals surface area contributed by atoms with Crippen molar-refractivity contribution in [1.82, 2.24) is 34.4 Å². The zero-order chi connectivity index (χ0) is 18.6. The van der Waals surface area contributed by atoms with E-state index in [9.17, 15) is 4.79 Å². The molecule has 1 atom stereocenters. The fourth-order valence-electron chi connectivity index (χ4n) is 3.39. The van der Waals surface area contributed by atoms with Crippen LogP contribution in [0.4, 0.5) is 0 Å². The van der Waals surface area contributed by atoms with Gasteiger partial charge in [-0.1, -0.05) is 0 Å². The van der Waals surface area contributed by atoms with E-state index in [2.05, 4.69) is 20.3 Å². The second-order valence-electron chi connectivity index (χ2n) is 6.59. The summed E-state index contributed by atoms with van der Waals surface area (Å²) in [5.74, 6) is 0.867. The molecule has 4 heterocycles. The van der Waals surface area contributed by atoms with Crippen molar-refractivity contribution in [2.45, 2.75) is 25.3 Å². The Kier molecular flexibility index (Phi) is 4.93. The summed E-state index contributed by atoms with van der Waals surface area (Å²) in [7, 11) is 0. The van der Waals surface area contributed by atoms with Crippen molar-refractivity contribution in [2.24, 2.45) is 0 Å². The van der Waals surface area contributed by atoms with Crippen LogP contribution in [-0.4, -0.2) is 65.1 Å². The highest BCUT2D eigenvalue weighted by Crippen LogP contribution is 2.26. The first-order valence-electron chi connectivity index (χ1n) is 8.99. The molecule has 1 aliphatic rings. The topological polar surface area (TPSA) is 102 Å². The molecule has 0 bridgehead atoms. The molecule has 1 aliphatic heterocycles. The maximum absolute atomic E-state index is 12.9. The molecule has 1 fully saturated rings. The molecule has 4 rings (SSSR count). The number of carbonyl (C=O) groups is 1. The number of piperidine rings is 1. The fourth-order valence-corrected chi connectivity index (χ4v) is 3.39. The standard InChI is InChI=1S/C18H21N7O2/c26-9-8-25-7-5-16(22-25)15-2-1-6-23(11-15)18(27)14-3-4-17(19-10-14)24-12-20-21-13-24/h3-5,7,10,12-13,15,26H,1-2,6,8-9,11H2. The molecule has 3 aromatic heterocycles. The molecular weight excluding hydrogens is 346 g/mol. The molecule has 0 aliphatic carbocycles. The van der Waals surface area contributed by atoms with Gasteiger partial charge in [-0.15, -0.1) is 10.2 Å². The normalized spacial score (nSPS) is 17.2. The molecule has 1 amide bonds. The Hall–Kier alpha value is -3.07. The predicted octanol–water partition coefficient (Wildman–Crippen LogP) is 0.871. The first-order valence-corrected chi connectivity index (χ1v) is 8.99. The van der Waals surface area contributed by atoms with Crippen molar-refractivity contribution >= 4 is 5.91 Å². The van der Waals surface area contributed by atoms with Gasteiger partial charge in [-0.3, -0.25) is 14.0 Å². The zero-order valence-corrected chi connectivity index (χ0v) is 14.8. The highest BCUT2D eigenvalue weighted by atomic mass is 16.3. The van der Waals surface area contributed by atoms with Gasteiger partial charge in [0.2, 0.25) is 0 Å². The van der Waals surface area contributed by atoms with Crippen molar-refractivity contribution in [3.63, 3.8) is 0 Å². The monoisotopic (exact) mass is 367 g/mol. The number of hydrogen-bond acceptors (Lipinski definition) is 6. The lowest BCUT2D eigenvalue weighted by molar-refractivity contribution is 0.0705. The summed E-state index contributed by atoms with van der Waals surface area (Å²) < 4.78 is 3.43. The number of aliphatic hydroxyl groups excluding tert-OH is 1. The molecule has 1 N–H and O–H groups in total. The highest BCUT2D eigenvalue weighted by Gasteiger charge is 2.27. The van der Waals surface area contributed by atoms with E-state index in [4.69, 9.17) is 5.11 Å². The Morgan fingerprint density at radius 2 is 2.07 bits per heavy atom. The van der Waals surface area contributed by atoms with Crippen LogP contribution in [0.2, 0.25) is 0 Å². The van der Waals surface area contributed by atoms with Crippen molar-refractivity contribution in [2.75, 3.05) is 19.7 Å². The predicted molar refractivity (Wildman–Crippen MR) is 96.3 cm³/mol. The molecule has 3 aromatic rings. The van der Waals surface area contributed by atoms with E-state index in [1.54, 1.807) is 40.2 Å². The molecule has 0 spiro atoms. The quantitative estimate of drug-likeness (QED) is 0.718. The summed E-state index contributed by atoms with van der Waals surface area (Å²) in [5, 5.41) is 21.1. The lowest BCUT2D eigenvalue weighted by atomic mass is 9.94. The lowest BCUT2D eigenvalue weighted by Gasteiger charge is -2.32. The third-order valence-electron chi connectivity index (χ3n) is 4.80. The van der Waals surface area contributed by atoms with Gasteiger partial charge in [-0.2, -0.15) is 5.10 Å². The molecule has 9 nitrogen and oxygen atoms in total.